The lowest BCUT2D eigenvalue weighted by atomic mass is 9.92. The number of methoxy groups -OCH3 is 1. The second kappa shape index (κ2) is 5.52. The third-order valence-electron chi connectivity index (χ3n) is 3.54. The van der Waals surface area contributed by atoms with Crippen LogP contribution in [0.4, 0.5) is 0 Å². The Hall–Kier alpha value is -1.06. The normalized spacial score (nSPS) is 25.8. The topological polar surface area (TPSA) is 30.5 Å². The Morgan fingerprint density at radius 3 is 2.88 bits per heavy atom. The molecular weight excluding hydrogens is 214 g/mol. The minimum absolute atomic E-state index is 0.239. The molecule has 0 spiro atoms. The summed E-state index contributed by atoms with van der Waals surface area (Å²) < 4.78 is 11.1. The van der Waals surface area contributed by atoms with E-state index < -0.39 is 0 Å². The van der Waals surface area contributed by atoms with E-state index in [1.807, 2.05) is 19.2 Å². The molecule has 3 nitrogen and oxygen atoms in total. The van der Waals surface area contributed by atoms with Crippen molar-refractivity contribution in [3.63, 3.8) is 0 Å². The summed E-state index contributed by atoms with van der Waals surface area (Å²) in [6.07, 6.45) is 1.40. The maximum Gasteiger partial charge on any atom is 0.119 e. The third kappa shape index (κ3) is 2.61. The molecule has 0 radical (unpaired) electrons. The molecule has 94 valence electrons. The molecule has 1 aromatic carbocycles. The summed E-state index contributed by atoms with van der Waals surface area (Å²) in [5.41, 5.74) is 1.23. The molecule has 3 atom stereocenters. The lowest BCUT2D eigenvalue weighted by Gasteiger charge is -2.26. The number of nitrogens with one attached hydrogen (secondary N) is 1. The van der Waals surface area contributed by atoms with Crippen molar-refractivity contribution in [3.05, 3.63) is 29.8 Å². The van der Waals surface area contributed by atoms with Crippen molar-refractivity contribution in [3.8, 4) is 5.75 Å². The van der Waals surface area contributed by atoms with E-state index in [0.29, 0.717) is 5.92 Å². The van der Waals surface area contributed by atoms with Gasteiger partial charge in [0.25, 0.3) is 0 Å². The predicted molar refractivity (Wildman–Crippen MR) is 68.3 cm³/mol. The van der Waals surface area contributed by atoms with Gasteiger partial charge in [-0.05, 0) is 37.1 Å². The van der Waals surface area contributed by atoms with E-state index in [2.05, 4.69) is 24.4 Å². The highest BCUT2D eigenvalue weighted by Gasteiger charge is 2.32. The molecule has 17 heavy (non-hydrogen) atoms. The lowest BCUT2D eigenvalue weighted by molar-refractivity contribution is 0.0631. The first-order valence-corrected chi connectivity index (χ1v) is 6.19. The van der Waals surface area contributed by atoms with E-state index >= 15 is 0 Å². The molecule has 1 heterocycles. The quantitative estimate of drug-likeness (QED) is 0.869. The first-order chi connectivity index (χ1) is 8.26. The molecule has 1 aliphatic rings. The van der Waals surface area contributed by atoms with Crippen molar-refractivity contribution in [2.45, 2.75) is 25.5 Å². The summed E-state index contributed by atoms with van der Waals surface area (Å²) in [7, 11) is 3.68. The van der Waals surface area contributed by atoms with Crippen molar-refractivity contribution < 1.29 is 9.47 Å². The average Bonchev–Trinajstić information content (AvgIpc) is 2.77. The van der Waals surface area contributed by atoms with Crippen molar-refractivity contribution in [2.24, 2.45) is 5.92 Å². The van der Waals surface area contributed by atoms with Gasteiger partial charge in [0, 0.05) is 6.61 Å². The van der Waals surface area contributed by atoms with Gasteiger partial charge in [-0.2, -0.15) is 0 Å². The van der Waals surface area contributed by atoms with Crippen molar-refractivity contribution in [2.75, 3.05) is 20.8 Å². The SMILES string of the molecule is CNC(c1cccc(OC)c1)C1OCCC1C. The van der Waals surface area contributed by atoms with Gasteiger partial charge in [0.1, 0.15) is 5.75 Å². The highest BCUT2D eigenvalue weighted by atomic mass is 16.5. The second-order valence-corrected chi connectivity index (χ2v) is 4.64. The molecule has 0 saturated carbocycles. The van der Waals surface area contributed by atoms with Gasteiger partial charge in [0.2, 0.25) is 0 Å². The van der Waals surface area contributed by atoms with Gasteiger partial charge in [-0.1, -0.05) is 19.1 Å². The fourth-order valence-corrected chi connectivity index (χ4v) is 2.50. The minimum Gasteiger partial charge on any atom is -0.497 e. The number of likely N-dealkylation sites (N-methyl/N-ethyl adjacent to an activating group) is 1. The zero-order valence-corrected chi connectivity index (χ0v) is 10.8. The van der Waals surface area contributed by atoms with Gasteiger partial charge in [0.05, 0.1) is 19.3 Å². The van der Waals surface area contributed by atoms with Gasteiger partial charge in [-0.3, -0.25) is 0 Å². The van der Waals surface area contributed by atoms with E-state index in [4.69, 9.17) is 9.47 Å². The predicted octanol–water partition coefficient (Wildman–Crippen LogP) is 2.38. The van der Waals surface area contributed by atoms with E-state index in [9.17, 15) is 0 Å². The standard InChI is InChI=1S/C14H21NO2/c1-10-7-8-17-14(10)13(15-2)11-5-4-6-12(9-11)16-3/h4-6,9-10,13-15H,7-8H2,1-3H3. The number of benzene rings is 1. The Morgan fingerprint density at radius 1 is 1.47 bits per heavy atom. The van der Waals surface area contributed by atoms with Gasteiger partial charge in [0.15, 0.2) is 0 Å². The molecule has 1 aliphatic heterocycles. The molecule has 1 fully saturated rings. The Morgan fingerprint density at radius 2 is 2.29 bits per heavy atom. The summed E-state index contributed by atoms with van der Waals surface area (Å²) in [6, 6.07) is 8.43. The molecule has 0 aromatic heterocycles. The highest BCUT2D eigenvalue weighted by molar-refractivity contribution is 5.31. The van der Waals surface area contributed by atoms with Crippen LogP contribution in [-0.4, -0.2) is 26.9 Å². The summed E-state index contributed by atoms with van der Waals surface area (Å²) >= 11 is 0. The number of rotatable bonds is 4. The average molecular weight is 235 g/mol. The monoisotopic (exact) mass is 235 g/mol. The molecular formula is C14H21NO2. The van der Waals surface area contributed by atoms with Crippen LogP contribution in [0.1, 0.15) is 24.9 Å². The van der Waals surface area contributed by atoms with Crippen LogP contribution in [0.15, 0.2) is 24.3 Å². The van der Waals surface area contributed by atoms with Crippen LogP contribution in [-0.2, 0) is 4.74 Å². The third-order valence-corrected chi connectivity index (χ3v) is 3.54. The first kappa shape index (κ1) is 12.4. The van der Waals surface area contributed by atoms with Crippen LogP contribution in [0.5, 0.6) is 5.75 Å². The van der Waals surface area contributed by atoms with Crippen LogP contribution in [0.3, 0.4) is 0 Å². The van der Waals surface area contributed by atoms with Gasteiger partial charge >= 0.3 is 0 Å². The summed E-state index contributed by atoms with van der Waals surface area (Å²) in [6.45, 7) is 3.12. The minimum atomic E-state index is 0.239. The van der Waals surface area contributed by atoms with Crippen LogP contribution in [0, 0.1) is 5.92 Å². The molecule has 0 aliphatic carbocycles. The first-order valence-electron chi connectivity index (χ1n) is 6.19. The zero-order valence-electron chi connectivity index (χ0n) is 10.8. The summed E-state index contributed by atoms with van der Waals surface area (Å²) in [5, 5.41) is 3.36. The van der Waals surface area contributed by atoms with Crippen LogP contribution in [0.25, 0.3) is 0 Å². The lowest BCUT2D eigenvalue weighted by Crippen LogP contribution is -2.32. The smallest absolute Gasteiger partial charge is 0.119 e. The second-order valence-electron chi connectivity index (χ2n) is 4.64. The van der Waals surface area contributed by atoms with E-state index in [1.54, 1.807) is 7.11 Å². The zero-order chi connectivity index (χ0) is 12.3. The fraction of sp³-hybridized carbons (Fsp3) is 0.571. The number of hydrogen-bond acceptors (Lipinski definition) is 3. The molecule has 1 saturated heterocycles. The summed E-state index contributed by atoms with van der Waals surface area (Å²) in [5.74, 6) is 1.49. The maximum atomic E-state index is 5.84. The number of ether oxygens (including phenoxy) is 2. The van der Waals surface area contributed by atoms with Gasteiger partial charge in [-0.15, -0.1) is 0 Å². The van der Waals surface area contributed by atoms with Gasteiger partial charge in [-0.25, -0.2) is 0 Å². The Labute approximate surface area is 103 Å². The largest absolute Gasteiger partial charge is 0.497 e. The number of hydrogen-bond donors (Lipinski definition) is 1. The van der Waals surface area contributed by atoms with Crippen molar-refractivity contribution >= 4 is 0 Å². The molecule has 0 amide bonds. The Kier molecular flexibility index (Phi) is 4.02. The Balaban J connectivity index is 2.21. The van der Waals surface area contributed by atoms with Crippen molar-refractivity contribution in [1.82, 2.24) is 5.32 Å². The van der Waals surface area contributed by atoms with Gasteiger partial charge < -0.3 is 14.8 Å². The van der Waals surface area contributed by atoms with E-state index in [-0.39, 0.29) is 12.1 Å². The molecule has 0 bridgehead atoms. The van der Waals surface area contributed by atoms with Crippen LogP contribution >= 0.6 is 0 Å². The Bertz CT molecular complexity index is 367. The van der Waals surface area contributed by atoms with Crippen LogP contribution < -0.4 is 10.1 Å². The maximum absolute atomic E-state index is 5.84. The molecule has 1 aromatic rings. The molecule has 1 N–H and O–H groups in total. The fourth-order valence-electron chi connectivity index (χ4n) is 2.50. The molecule has 3 unspecified atom stereocenters. The van der Waals surface area contributed by atoms with Crippen LogP contribution in [0.2, 0.25) is 0 Å². The highest BCUT2D eigenvalue weighted by Crippen LogP contribution is 2.32. The molecule has 3 heteroatoms. The van der Waals surface area contributed by atoms with E-state index in [0.717, 1.165) is 18.8 Å². The van der Waals surface area contributed by atoms with E-state index in [1.165, 1.54) is 5.56 Å². The molecule has 2 rings (SSSR count). The summed E-state index contributed by atoms with van der Waals surface area (Å²) in [4.78, 5) is 0. The van der Waals surface area contributed by atoms with Crippen molar-refractivity contribution in [1.29, 1.82) is 0 Å².